The largest absolute Gasteiger partial charge is 0.481 e. The van der Waals surface area contributed by atoms with Gasteiger partial charge in [-0.15, -0.1) is 0 Å². The maximum Gasteiger partial charge on any atom is 0.308 e. The summed E-state index contributed by atoms with van der Waals surface area (Å²) in [5, 5.41) is 35.4. The van der Waals surface area contributed by atoms with E-state index in [0.29, 0.717) is 0 Å². The van der Waals surface area contributed by atoms with Crippen molar-refractivity contribution < 1.29 is 39.6 Å². The Morgan fingerprint density at radius 2 is 1.33 bits per heavy atom. The number of rotatable bonds is 5. The highest BCUT2D eigenvalue weighted by Crippen LogP contribution is 2.43. The van der Waals surface area contributed by atoms with Crippen molar-refractivity contribution in [2.24, 2.45) is 23.7 Å². The first-order valence-electron chi connectivity index (χ1n) is 5.16. The molecule has 1 rings (SSSR count). The Morgan fingerprint density at radius 3 is 1.67 bits per heavy atom. The summed E-state index contributed by atoms with van der Waals surface area (Å²) >= 11 is 0. The molecule has 8 nitrogen and oxygen atoms in total. The molecule has 8 heteroatoms. The minimum atomic E-state index is -1.59. The summed E-state index contributed by atoms with van der Waals surface area (Å²) in [6.07, 6.45) is -0.805. The van der Waals surface area contributed by atoms with Crippen LogP contribution in [0.1, 0.15) is 12.8 Å². The molecule has 0 saturated heterocycles. The van der Waals surface area contributed by atoms with E-state index < -0.39 is 54.0 Å². The zero-order valence-electron chi connectivity index (χ0n) is 9.15. The van der Waals surface area contributed by atoms with Crippen LogP contribution >= 0.6 is 0 Å². The second kappa shape index (κ2) is 5.03. The third kappa shape index (κ3) is 2.58. The van der Waals surface area contributed by atoms with Gasteiger partial charge in [-0.1, -0.05) is 0 Å². The van der Waals surface area contributed by atoms with Gasteiger partial charge in [-0.2, -0.15) is 0 Å². The van der Waals surface area contributed by atoms with Crippen LogP contribution in [0.25, 0.3) is 0 Å². The van der Waals surface area contributed by atoms with Gasteiger partial charge in [-0.05, 0) is 12.3 Å². The third-order valence-electron chi connectivity index (χ3n) is 3.21. The maximum absolute atomic E-state index is 11.0. The van der Waals surface area contributed by atoms with Gasteiger partial charge >= 0.3 is 23.9 Å². The summed E-state index contributed by atoms with van der Waals surface area (Å²) in [6.45, 7) is 0. The van der Waals surface area contributed by atoms with Gasteiger partial charge in [0.15, 0.2) is 0 Å². The fraction of sp³-hybridized carbons (Fsp3) is 0.600. The molecule has 0 aliphatic heterocycles. The Hall–Kier alpha value is -2.12. The molecule has 0 aromatic heterocycles. The second-order valence-corrected chi connectivity index (χ2v) is 4.27. The molecule has 4 atom stereocenters. The average molecular weight is 260 g/mol. The molecular weight excluding hydrogens is 248 g/mol. The Kier molecular flexibility index (Phi) is 3.89. The van der Waals surface area contributed by atoms with E-state index in [-0.39, 0.29) is 6.42 Å². The molecule has 4 N–H and O–H groups in total. The van der Waals surface area contributed by atoms with E-state index in [0.717, 1.165) is 0 Å². The van der Waals surface area contributed by atoms with Gasteiger partial charge in [0, 0.05) is 6.42 Å². The lowest BCUT2D eigenvalue weighted by Crippen LogP contribution is -2.34. The van der Waals surface area contributed by atoms with Crippen molar-refractivity contribution in [3.63, 3.8) is 0 Å². The standard InChI is InChI=1S/C10H12O8/c11-5(12)2-3-1-4(8(13)14)7(10(17)18)6(3)9(15)16/h3-4,6-7H,1-2H2,(H,11,12)(H,13,14)(H,15,16)(H,17,18)/t3-,4-,6+,7-/m0/s1. The fourth-order valence-corrected chi connectivity index (χ4v) is 2.53. The summed E-state index contributed by atoms with van der Waals surface area (Å²) in [5.74, 6) is -11.1. The van der Waals surface area contributed by atoms with E-state index in [9.17, 15) is 19.2 Å². The second-order valence-electron chi connectivity index (χ2n) is 4.27. The molecule has 0 aromatic carbocycles. The molecule has 0 bridgehead atoms. The average Bonchev–Trinajstić information content (AvgIpc) is 2.55. The summed E-state index contributed by atoms with van der Waals surface area (Å²) in [4.78, 5) is 43.5. The van der Waals surface area contributed by atoms with Gasteiger partial charge in [-0.3, -0.25) is 19.2 Å². The quantitative estimate of drug-likeness (QED) is 0.520. The Labute approximate surface area is 101 Å². The van der Waals surface area contributed by atoms with Crippen molar-refractivity contribution in [3.8, 4) is 0 Å². The lowest BCUT2D eigenvalue weighted by Gasteiger charge is -2.17. The molecule has 0 radical (unpaired) electrons. The van der Waals surface area contributed by atoms with Crippen LogP contribution in [-0.4, -0.2) is 44.3 Å². The van der Waals surface area contributed by atoms with Crippen molar-refractivity contribution in [1.82, 2.24) is 0 Å². The van der Waals surface area contributed by atoms with Crippen LogP contribution in [0.5, 0.6) is 0 Å². The third-order valence-corrected chi connectivity index (χ3v) is 3.21. The molecule has 1 aliphatic carbocycles. The molecule has 0 heterocycles. The van der Waals surface area contributed by atoms with E-state index in [1.807, 2.05) is 0 Å². The number of hydrogen-bond acceptors (Lipinski definition) is 4. The number of hydrogen-bond donors (Lipinski definition) is 4. The maximum atomic E-state index is 11.0. The van der Waals surface area contributed by atoms with Gasteiger partial charge in [-0.25, -0.2) is 0 Å². The zero-order chi connectivity index (χ0) is 14.0. The van der Waals surface area contributed by atoms with Gasteiger partial charge in [0.2, 0.25) is 0 Å². The predicted molar refractivity (Wildman–Crippen MR) is 53.7 cm³/mol. The molecule has 100 valence electrons. The monoisotopic (exact) mass is 260 g/mol. The highest BCUT2D eigenvalue weighted by atomic mass is 16.4. The molecule has 0 aromatic rings. The van der Waals surface area contributed by atoms with Crippen LogP contribution in [0.3, 0.4) is 0 Å². The summed E-state index contributed by atoms with van der Waals surface area (Å²) in [5.41, 5.74) is 0. The first kappa shape index (κ1) is 13.9. The van der Waals surface area contributed by atoms with Crippen LogP contribution in [0.15, 0.2) is 0 Å². The molecule has 0 amide bonds. The van der Waals surface area contributed by atoms with Crippen LogP contribution < -0.4 is 0 Å². The molecule has 1 fully saturated rings. The minimum absolute atomic E-state index is 0.254. The first-order chi connectivity index (χ1) is 8.25. The molecule has 0 unspecified atom stereocenters. The van der Waals surface area contributed by atoms with E-state index >= 15 is 0 Å². The zero-order valence-corrected chi connectivity index (χ0v) is 9.15. The normalized spacial score (nSPS) is 30.9. The van der Waals surface area contributed by atoms with Gasteiger partial charge in [0.1, 0.15) is 0 Å². The molecular formula is C10H12O8. The van der Waals surface area contributed by atoms with Crippen LogP contribution in [0.2, 0.25) is 0 Å². The fourth-order valence-electron chi connectivity index (χ4n) is 2.53. The Morgan fingerprint density at radius 1 is 0.833 bits per heavy atom. The summed E-state index contributed by atoms with van der Waals surface area (Å²) in [7, 11) is 0. The van der Waals surface area contributed by atoms with Gasteiger partial charge < -0.3 is 20.4 Å². The molecule has 1 saturated carbocycles. The number of carboxylic acids is 4. The van der Waals surface area contributed by atoms with E-state index in [1.165, 1.54) is 0 Å². The lowest BCUT2D eigenvalue weighted by atomic mass is 9.86. The van der Waals surface area contributed by atoms with Crippen molar-refractivity contribution >= 4 is 23.9 Å². The number of aliphatic carboxylic acids is 4. The first-order valence-corrected chi connectivity index (χ1v) is 5.16. The van der Waals surface area contributed by atoms with Crippen LogP contribution in [0, 0.1) is 23.7 Å². The Balaban J connectivity index is 3.09. The minimum Gasteiger partial charge on any atom is -0.481 e. The van der Waals surface area contributed by atoms with Crippen molar-refractivity contribution in [2.75, 3.05) is 0 Å². The molecule has 18 heavy (non-hydrogen) atoms. The SMILES string of the molecule is O=C(O)C[C@@H]1C[C@H](C(=O)O)[C@H](C(=O)O)[C@@H]1C(=O)O. The van der Waals surface area contributed by atoms with Gasteiger partial charge in [0.05, 0.1) is 17.8 Å². The lowest BCUT2D eigenvalue weighted by molar-refractivity contribution is -0.158. The summed E-state index contributed by atoms with van der Waals surface area (Å²) < 4.78 is 0. The molecule has 1 aliphatic rings. The smallest absolute Gasteiger partial charge is 0.308 e. The predicted octanol–water partition coefficient (Wildman–Crippen LogP) is -0.417. The summed E-state index contributed by atoms with van der Waals surface area (Å²) in [6, 6.07) is 0. The van der Waals surface area contributed by atoms with E-state index in [2.05, 4.69) is 0 Å². The highest BCUT2D eigenvalue weighted by molar-refractivity contribution is 5.87. The van der Waals surface area contributed by atoms with E-state index in [1.54, 1.807) is 0 Å². The number of carbonyl (C=O) groups is 4. The van der Waals surface area contributed by atoms with E-state index in [4.69, 9.17) is 20.4 Å². The highest BCUT2D eigenvalue weighted by Gasteiger charge is 2.54. The Bertz CT molecular complexity index is 401. The van der Waals surface area contributed by atoms with Crippen molar-refractivity contribution in [2.45, 2.75) is 12.8 Å². The van der Waals surface area contributed by atoms with Crippen molar-refractivity contribution in [3.05, 3.63) is 0 Å². The van der Waals surface area contributed by atoms with Crippen molar-refractivity contribution in [1.29, 1.82) is 0 Å². The molecule has 0 spiro atoms. The van der Waals surface area contributed by atoms with Crippen LogP contribution in [0.4, 0.5) is 0 Å². The van der Waals surface area contributed by atoms with Gasteiger partial charge in [0.25, 0.3) is 0 Å². The van der Waals surface area contributed by atoms with Crippen LogP contribution in [-0.2, 0) is 19.2 Å². The topological polar surface area (TPSA) is 149 Å². The number of carboxylic acid groups (broad SMARTS) is 4.